The number of carbonyl (C=O) groups excluding carboxylic acids is 1. The molecule has 1 fully saturated rings. The Morgan fingerprint density at radius 1 is 1.40 bits per heavy atom. The molecule has 1 heterocycles. The lowest BCUT2D eigenvalue weighted by molar-refractivity contribution is -0.140. The van der Waals surface area contributed by atoms with E-state index in [4.69, 9.17) is 0 Å². The molecule has 110 valence electrons. The van der Waals surface area contributed by atoms with Crippen molar-refractivity contribution in [1.82, 2.24) is 10.6 Å². The highest BCUT2D eigenvalue weighted by molar-refractivity contribution is 5.94. The van der Waals surface area contributed by atoms with Gasteiger partial charge in [0, 0.05) is 12.1 Å². The first-order valence-electron chi connectivity index (χ1n) is 6.23. The molecule has 7 heteroatoms. The predicted molar refractivity (Wildman–Crippen MR) is 64.7 cm³/mol. The highest BCUT2D eigenvalue weighted by atomic mass is 19.4. The van der Waals surface area contributed by atoms with Gasteiger partial charge in [0.25, 0.3) is 5.91 Å². The molecule has 0 aliphatic carbocycles. The second-order valence-corrected chi connectivity index (χ2v) is 4.76. The van der Waals surface area contributed by atoms with E-state index in [1.54, 1.807) is 0 Å². The maximum Gasteiger partial charge on any atom is 0.419 e. The topological polar surface area (TPSA) is 41.1 Å². The summed E-state index contributed by atoms with van der Waals surface area (Å²) in [6.45, 7) is 2.04. The van der Waals surface area contributed by atoms with Crippen LogP contribution >= 0.6 is 0 Å². The summed E-state index contributed by atoms with van der Waals surface area (Å²) in [6.07, 6.45) is -3.90. The van der Waals surface area contributed by atoms with Gasteiger partial charge < -0.3 is 10.6 Å². The standard InChI is InChI=1S/C13H14F4N2O/c14-11-2-1-9(5-10(11)13(15,16)17)12(20)19-7-8-3-4-18-6-8/h1-2,5,8,18H,3-4,6-7H2,(H,19,20). The van der Waals surface area contributed by atoms with Gasteiger partial charge in [-0.1, -0.05) is 0 Å². The van der Waals surface area contributed by atoms with E-state index in [9.17, 15) is 22.4 Å². The molecule has 20 heavy (non-hydrogen) atoms. The Morgan fingerprint density at radius 3 is 2.75 bits per heavy atom. The van der Waals surface area contributed by atoms with Crippen LogP contribution < -0.4 is 10.6 Å². The molecule has 2 rings (SSSR count). The summed E-state index contributed by atoms with van der Waals surface area (Å²) >= 11 is 0. The number of rotatable bonds is 3. The molecular formula is C13H14F4N2O. The zero-order chi connectivity index (χ0) is 14.8. The van der Waals surface area contributed by atoms with Gasteiger partial charge in [0.1, 0.15) is 5.82 Å². The third kappa shape index (κ3) is 3.47. The fourth-order valence-electron chi connectivity index (χ4n) is 2.11. The van der Waals surface area contributed by atoms with E-state index in [1.807, 2.05) is 0 Å². The first-order valence-corrected chi connectivity index (χ1v) is 6.23. The first-order chi connectivity index (χ1) is 9.38. The van der Waals surface area contributed by atoms with Crippen LogP contribution in [-0.2, 0) is 6.18 Å². The molecule has 1 amide bonds. The number of hydrogen-bond acceptors (Lipinski definition) is 2. The number of hydrogen-bond donors (Lipinski definition) is 2. The summed E-state index contributed by atoms with van der Waals surface area (Å²) in [6, 6.07) is 2.25. The summed E-state index contributed by atoms with van der Waals surface area (Å²) in [5, 5.41) is 5.69. The van der Waals surface area contributed by atoms with E-state index in [-0.39, 0.29) is 11.5 Å². The highest BCUT2D eigenvalue weighted by Gasteiger charge is 2.34. The summed E-state index contributed by atoms with van der Waals surface area (Å²) < 4.78 is 50.7. The van der Waals surface area contributed by atoms with Crippen LogP contribution in [0.3, 0.4) is 0 Å². The number of halogens is 4. The molecule has 0 spiro atoms. The quantitative estimate of drug-likeness (QED) is 0.838. The van der Waals surface area contributed by atoms with E-state index >= 15 is 0 Å². The van der Waals surface area contributed by atoms with Gasteiger partial charge in [-0.05, 0) is 43.6 Å². The summed E-state index contributed by atoms with van der Waals surface area (Å²) in [7, 11) is 0. The Hall–Kier alpha value is -1.63. The molecule has 1 unspecified atom stereocenters. The van der Waals surface area contributed by atoms with Gasteiger partial charge in [-0.2, -0.15) is 13.2 Å². The predicted octanol–water partition coefficient (Wildman–Crippen LogP) is 2.18. The molecule has 1 aromatic rings. The summed E-state index contributed by atoms with van der Waals surface area (Å²) in [4.78, 5) is 11.8. The number of carbonyl (C=O) groups is 1. The van der Waals surface area contributed by atoms with E-state index in [2.05, 4.69) is 10.6 Å². The summed E-state index contributed by atoms with van der Waals surface area (Å²) in [5.41, 5.74) is -1.61. The monoisotopic (exact) mass is 290 g/mol. The minimum Gasteiger partial charge on any atom is -0.352 e. The van der Waals surface area contributed by atoms with Crippen LogP contribution in [0.5, 0.6) is 0 Å². The van der Waals surface area contributed by atoms with Crippen molar-refractivity contribution in [2.45, 2.75) is 12.6 Å². The average molecular weight is 290 g/mol. The Labute approximate surface area is 113 Å². The van der Waals surface area contributed by atoms with Gasteiger partial charge >= 0.3 is 6.18 Å². The third-order valence-electron chi connectivity index (χ3n) is 3.25. The number of benzene rings is 1. The molecule has 0 aromatic heterocycles. The lowest BCUT2D eigenvalue weighted by Gasteiger charge is -2.12. The smallest absolute Gasteiger partial charge is 0.352 e. The van der Waals surface area contributed by atoms with Crippen molar-refractivity contribution in [3.8, 4) is 0 Å². The first kappa shape index (κ1) is 14.8. The van der Waals surface area contributed by atoms with Crippen molar-refractivity contribution in [3.05, 3.63) is 35.1 Å². The van der Waals surface area contributed by atoms with Crippen LogP contribution in [0.25, 0.3) is 0 Å². The molecular weight excluding hydrogens is 276 g/mol. The zero-order valence-electron chi connectivity index (χ0n) is 10.6. The van der Waals surface area contributed by atoms with E-state index in [0.29, 0.717) is 18.7 Å². The van der Waals surface area contributed by atoms with Crippen LogP contribution in [0.4, 0.5) is 17.6 Å². The number of amides is 1. The molecule has 3 nitrogen and oxygen atoms in total. The summed E-state index contributed by atoms with van der Waals surface area (Å²) in [5.74, 6) is -1.72. The van der Waals surface area contributed by atoms with Crippen molar-refractivity contribution < 1.29 is 22.4 Å². The van der Waals surface area contributed by atoms with Crippen LogP contribution in [0, 0.1) is 11.7 Å². The molecule has 1 aliphatic rings. The molecule has 1 atom stereocenters. The molecule has 0 saturated carbocycles. The van der Waals surface area contributed by atoms with Gasteiger partial charge in [-0.25, -0.2) is 4.39 Å². The second-order valence-electron chi connectivity index (χ2n) is 4.76. The van der Waals surface area contributed by atoms with Crippen molar-refractivity contribution in [2.75, 3.05) is 19.6 Å². The number of alkyl halides is 3. The maximum atomic E-state index is 13.1. The SMILES string of the molecule is O=C(NCC1CCNC1)c1ccc(F)c(C(F)(F)F)c1. The molecule has 1 saturated heterocycles. The van der Waals surface area contributed by atoms with Gasteiger partial charge in [0.15, 0.2) is 0 Å². The van der Waals surface area contributed by atoms with Crippen molar-refractivity contribution in [2.24, 2.45) is 5.92 Å². The molecule has 1 aliphatic heterocycles. The third-order valence-corrected chi connectivity index (χ3v) is 3.25. The Kier molecular flexibility index (Phi) is 4.27. The van der Waals surface area contributed by atoms with Crippen LogP contribution in [0.2, 0.25) is 0 Å². The largest absolute Gasteiger partial charge is 0.419 e. The Balaban J connectivity index is 2.06. The van der Waals surface area contributed by atoms with Crippen molar-refractivity contribution in [3.63, 3.8) is 0 Å². The zero-order valence-corrected chi connectivity index (χ0v) is 10.6. The minimum absolute atomic E-state index is 0.190. The van der Waals surface area contributed by atoms with Gasteiger partial charge in [0.05, 0.1) is 5.56 Å². The van der Waals surface area contributed by atoms with Gasteiger partial charge in [0.2, 0.25) is 0 Å². The average Bonchev–Trinajstić information content (AvgIpc) is 2.88. The Morgan fingerprint density at radius 2 is 2.15 bits per heavy atom. The normalized spacial score (nSPS) is 19.1. The second kappa shape index (κ2) is 5.78. The van der Waals surface area contributed by atoms with Crippen molar-refractivity contribution >= 4 is 5.91 Å². The fourth-order valence-corrected chi connectivity index (χ4v) is 2.11. The Bertz CT molecular complexity index is 496. The van der Waals surface area contributed by atoms with E-state index in [0.717, 1.165) is 25.6 Å². The maximum absolute atomic E-state index is 13.1. The lowest BCUT2D eigenvalue weighted by atomic mass is 10.1. The van der Waals surface area contributed by atoms with E-state index < -0.39 is 23.5 Å². The van der Waals surface area contributed by atoms with Crippen molar-refractivity contribution in [1.29, 1.82) is 0 Å². The molecule has 1 aromatic carbocycles. The number of nitrogens with one attached hydrogen (secondary N) is 2. The van der Waals surface area contributed by atoms with Crippen LogP contribution in [0.15, 0.2) is 18.2 Å². The van der Waals surface area contributed by atoms with Crippen LogP contribution in [-0.4, -0.2) is 25.5 Å². The molecule has 0 radical (unpaired) electrons. The molecule has 0 bridgehead atoms. The highest BCUT2D eigenvalue weighted by Crippen LogP contribution is 2.31. The van der Waals surface area contributed by atoms with E-state index in [1.165, 1.54) is 0 Å². The van der Waals surface area contributed by atoms with Gasteiger partial charge in [-0.3, -0.25) is 4.79 Å². The minimum atomic E-state index is -4.81. The van der Waals surface area contributed by atoms with Crippen LogP contribution in [0.1, 0.15) is 22.3 Å². The van der Waals surface area contributed by atoms with Gasteiger partial charge in [-0.15, -0.1) is 0 Å². The fraction of sp³-hybridized carbons (Fsp3) is 0.462. The molecule has 2 N–H and O–H groups in total. The lowest BCUT2D eigenvalue weighted by Crippen LogP contribution is -2.30.